The van der Waals surface area contributed by atoms with Crippen LogP contribution in [0.25, 0.3) is 0 Å². The number of rotatable bonds is 1. The molecule has 0 saturated heterocycles. The molecular formula is C6H3BrINO3. The maximum atomic E-state index is 10.3. The summed E-state index contributed by atoms with van der Waals surface area (Å²) in [5, 5.41) is 19.6. The van der Waals surface area contributed by atoms with Crippen molar-refractivity contribution in [2.75, 3.05) is 0 Å². The molecule has 1 aromatic rings. The van der Waals surface area contributed by atoms with Crippen molar-refractivity contribution in [3.8, 4) is 5.75 Å². The van der Waals surface area contributed by atoms with Crippen LogP contribution < -0.4 is 0 Å². The van der Waals surface area contributed by atoms with Gasteiger partial charge in [-0.05, 0) is 38.5 Å². The second-order valence-electron chi connectivity index (χ2n) is 2.02. The molecule has 1 rings (SSSR count). The minimum atomic E-state index is -0.508. The Hall–Kier alpha value is -0.370. The molecule has 0 amide bonds. The standard InChI is InChI=1S/C6H3BrINO3/c7-4-1-3(9(11)12)2-5(8)6(4)10/h1-2,10H. The van der Waals surface area contributed by atoms with Gasteiger partial charge in [0, 0.05) is 12.1 Å². The van der Waals surface area contributed by atoms with E-state index in [4.69, 9.17) is 0 Å². The molecule has 0 aliphatic heterocycles. The highest BCUT2D eigenvalue weighted by Crippen LogP contribution is 2.33. The van der Waals surface area contributed by atoms with Gasteiger partial charge in [-0.2, -0.15) is 0 Å². The number of non-ortho nitro benzene ring substituents is 1. The number of benzene rings is 1. The average Bonchev–Trinajstić information content (AvgIpc) is 1.99. The minimum Gasteiger partial charge on any atom is -0.506 e. The number of nitro groups is 1. The van der Waals surface area contributed by atoms with Gasteiger partial charge in [-0.3, -0.25) is 10.1 Å². The van der Waals surface area contributed by atoms with E-state index in [0.29, 0.717) is 8.04 Å². The van der Waals surface area contributed by atoms with E-state index in [9.17, 15) is 15.2 Å². The predicted molar refractivity (Wildman–Crippen MR) is 55.2 cm³/mol. The summed E-state index contributed by atoms with van der Waals surface area (Å²) in [4.78, 5) is 9.81. The van der Waals surface area contributed by atoms with Gasteiger partial charge in [0.15, 0.2) is 0 Å². The third kappa shape index (κ3) is 1.86. The molecule has 1 N–H and O–H groups in total. The van der Waals surface area contributed by atoms with Gasteiger partial charge in [-0.1, -0.05) is 0 Å². The molecule has 12 heavy (non-hydrogen) atoms. The van der Waals surface area contributed by atoms with Crippen molar-refractivity contribution < 1.29 is 10.0 Å². The fourth-order valence-electron chi connectivity index (χ4n) is 0.658. The molecule has 0 saturated carbocycles. The van der Waals surface area contributed by atoms with Crippen molar-refractivity contribution in [2.45, 2.75) is 0 Å². The zero-order chi connectivity index (χ0) is 9.30. The Morgan fingerprint density at radius 3 is 2.58 bits per heavy atom. The van der Waals surface area contributed by atoms with Crippen molar-refractivity contribution in [2.24, 2.45) is 0 Å². The lowest BCUT2D eigenvalue weighted by molar-refractivity contribution is -0.385. The molecule has 0 spiro atoms. The van der Waals surface area contributed by atoms with Crippen LogP contribution in [0.5, 0.6) is 5.75 Å². The monoisotopic (exact) mass is 343 g/mol. The van der Waals surface area contributed by atoms with Crippen LogP contribution in [0.2, 0.25) is 0 Å². The van der Waals surface area contributed by atoms with Crippen molar-refractivity contribution >= 4 is 44.2 Å². The smallest absolute Gasteiger partial charge is 0.271 e. The lowest BCUT2D eigenvalue weighted by Gasteiger charge is -1.99. The summed E-state index contributed by atoms with van der Waals surface area (Å²) >= 11 is 4.83. The maximum absolute atomic E-state index is 10.3. The Bertz CT molecular complexity index is 319. The normalized spacial score (nSPS) is 9.83. The highest BCUT2D eigenvalue weighted by Gasteiger charge is 2.12. The van der Waals surface area contributed by atoms with Crippen molar-refractivity contribution in [1.29, 1.82) is 0 Å². The van der Waals surface area contributed by atoms with E-state index in [-0.39, 0.29) is 11.4 Å². The predicted octanol–water partition coefficient (Wildman–Crippen LogP) is 2.67. The van der Waals surface area contributed by atoms with Gasteiger partial charge in [0.1, 0.15) is 5.75 Å². The van der Waals surface area contributed by atoms with Crippen LogP contribution in [-0.2, 0) is 0 Å². The molecule has 0 atom stereocenters. The zero-order valence-corrected chi connectivity index (χ0v) is 9.37. The first-order chi connectivity index (χ1) is 5.52. The second-order valence-corrected chi connectivity index (χ2v) is 4.03. The minimum absolute atomic E-state index is 0.0289. The van der Waals surface area contributed by atoms with Crippen LogP contribution in [0.3, 0.4) is 0 Å². The topological polar surface area (TPSA) is 63.4 Å². The van der Waals surface area contributed by atoms with Crippen LogP contribution in [0.15, 0.2) is 16.6 Å². The molecular weight excluding hydrogens is 341 g/mol. The van der Waals surface area contributed by atoms with Crippen LogP contribution in [-0.4, -0.2) is 10.0 Å². The number of phenolic OH excluding ortho intramolecular Hbond substituents is 1. The quantitative estimate of drug-likeness (QED) is 0.484. The Labute approximate surface area is 90.0 Å². The zero-order valence-electron chi connectivity index (χ0n) is 5.62. The van der Waals surface area contributed by atoms with Crippen LogP contribution in [0.4, 0.5) is 5.69 Å². The number of nitrogens with zero attached hydrogens (tertiary/aromatic N) is 1. The molecule has 0 aromatic heterocycles. The summed E-state index contributed by atoms with van der Waals surface area (Å²) < 4.78 is 0.787. The maximum Gasteiger partial charge on any atom is 0.271 e. The molecule has 0 radical (unpaired) electrons. The molecule has 0 aliphatic carbocycles. The van der Waals surface area contributed by atoms with Crippen molar-refractivity contribution in [3.05, 3.63) is 30.3 Å². The summed E-state index contributed by atoms with van der Waals surface area (Å²) in [6.07, 6.45) is 0. The van der Waals surface area contributed by atoms with Gasteiger partial charge in [0.05, 0.1) is 13.0 Å². The third-order valence-corrected chi connectivity index (χ3v) is 2.64. The van der Waals surface area contributed by atoms with Gasteiger partial charge in [0.2, 0.25) is 0 Å². The third-order valence-electron chi connectivity index (χ3n) is 1.21. The largest absolute Gasteiger partial charge is 0.506 e. The first-order valence-corrected chi connectivity index (χ1v) is 4.72. The van der Waals surface area contributed by atoms with E-state index in [0.717, 1.165) is 0 Å². The first-order valence-electron chi connectivity index (χ1n) is 2.85. The van der Waals surface area contributed by atoms with E-state index in [2.05, 4.69) is 15.9 Å². The summed E-state index contributed by atoms with van der Waals surface area (Å²) in [5.74, 6) is 0.0289. The summed E-state index contributed by atoms with van der Waals surface area (Å²) in [6, 6.07) is 2.57. The Kier molecular flexibility index (Phi) is 2.89. The first kappa shape index (κ1) is 9.72. The highest BCUT2D eigenvalue weighted by molar-refractivity contribution is 14.1. The highest BCUT2D eigenvalue weighted by atomic mass is 127. The van der Waals surface area contributed by atoms with Crippen molar-refractivity contribution in [3.63, 3.8) is 0 Å². The SMILES string of the molecule is O=[N+]([O-])c1cc(Br)c(O)c(I)c1. The van der Waals surface area contributed by atoms with E-state index in [1.54, 1.807) is 0 Å². The van der Waals surface area contributed by atoms with Crippen LogP contribution in [0.1, 0.15) is 0 Å². The van der Waals surface area contributed by atoms with E-state index in [1.165, 1.54) is 12.1 Å². The number of aromatic hydroxyl groups is 1. The number of halogens is 2. The molecule has 0 aliphatic rings. The molecule has 6 heteroatoms. The number of nitro benzene ring substituents is 1. The summed E-state index contributed by atoms with van der Waals surface area (Å²) in [6.45, 7) is 0. The molecule has 0 fully saturated rings. The summed E-state index contributed by atoms with van der Waals surface area (Å²) in [5.41, 5.74) is -0.0379. The average molecular weight is 344 g/mol. The van der Waals surface area contributed by atoms with Crippen LogP contribution >= 0.6 is 38.5 Å². The molecule has 4 nitrogen and oxygen atoms in total. The van der Waals surface area contributed by atoms with Gasteiger partial charge < -0.3 is 5.11 Å². The number of hydrogen-bond acceptors (Lipinski definition) is 3. The Morgan fingerprint density at radius 2 is 2.17 bits per heavy atom. The summed E-state index contributed by atoms with van der Waals surface area (Å²) in [7, 11) is 0. The van der Waals surface area contributed by atoms with Crippen LogP contribution in [0, 0.1) is 13.7 Å². The Morgan fingerprint density at radius 1 is 1.58 bits per heavy atom. The van der Waals surface area contributed by atoms with Gasteiger partial charge in [-0.15, -0.1) is 0 Å². The molecule has 64 valence electrons. The Balaban J connectivity index is 3.31. The molecule has 0 unspecified atom stereocenters. The van der Waals surface area contributed by atoms with Crippen molar-refractivity contribution in [1.82, 2.24) is 0 Å². The lowest BCUT2D eigenvalue weighted by atomic mass is 10.3. The second kappa shape index (κ2) is 3.56. The molecule has 1 aromatic carbocycles. The molecule has 0 heterocycles. The van der Waals surface area contributed by atoms with Gasteiger partial charge in [0.25, 0.3) is 5.69 Å². The van der Waals surface area contributed by atoms with E-state index < -0.39 is 4.92 Å². The van der Waals surface area contributed by atoms with E-state index in [1.807, 2.05) is 22.6 Å². The van der Waals surface area contributed by atoms with E-state index >= 15 is 0 Å². The number of hydrogen-bond donors (Lipinski definition) is 1. The lowest BCUT2D eigenvalue weighted by Crippen LogP contribution is -1.88. The fourth-order valence-corrected chi connectivity index (χ4v) is 2.09. The van der Waals surface area contributed by atoms with Gasteiger partial charge in [-0.25, -0.2) is 0 Å². The number of phenols is 1. The molecule has 0 bridgehead atoms. The van der Waals surface area contributed by atoms with Gasteiger partial charge >= 0.3 is 0 Å². The fraction of sp³-hybridized carbons (Fsp3) is 0.